The first-order chi connectivity index (χ1) is 18.4. The van der Waals surface area contributed by atoms with Gasteiger partial charge in [-0.15, -0.1) is 11.7 Å². The number of nitrogens with zero attached hydrogens (tertiary/aromatic N) is 3. The second-order valence-electron chi connectivity index (χ2n) is 9.27. The maximum absolute atomic E-state index is 14.7. The zero-order valence-electron chi connectivity index (χ0n) is 22.9. The standard InChI is InChI=1S/C23H29F2N5O3.C3H6.C2H6/c1-26-20(32)8-7-15(13-31)22-18(24)9-17(10-19(22)25)30-11-16(12-30)27-23-29-28-21(33-23)4-2-3-14-5-6-14;1-3-2;1-2/h9-10,13-16H,2-8,11-12H2,1H3,(H,26,32)(H,27,29);3H,1H2,2H3;1-2H3. The number of hydrogen-bond acceptors (Lipinski definition) is 7. The molecule has 1 amide bonds. The van der Waals surface area contributed by atoms with Gasteiger partial charge >= 0.3 is 6.01 Å². The van der Waals surface area contributed by atoms with Crippen molar-refractivity contribution < 1.29 is 22.8 Å². The van der Waals surface area contributed by atoms with Crippen LogP contribution in [-0.4, -0.2) is 48.6 Å². The topological polar surface area (TPSA) is 100 Å². The van der Waals surface area contributed by atoms with Crippen molar-refractivity contribution in [2.45, 2.75) is 77.7 Å². The zero-order chi connectivity index (χ0) is 28.1. The number of carbonyl (C=O) groups excluding carboxylic acids is 2. The quantitative estimate of drug-likeness (QED) is 0.278. The summed E-state index contributed by atoms with van der Waals surface area (Å²) in [6.45, 7) is 10.3. The van der Waals surface area contributed by atoms with E-state index in [1.54, 1.807) is 6.08 Å². The molecule has 2 fully saturated rings. The van der Waals surface area contributed by atoms with Crippen molar-refractivity contribution in [1.29, 1.82) is 0 Å². The minimum atomic E-state index is -1.02. The Morgan fingerprint density at radius 2 is 1.87 bits per heavy atom. The molecule has 1 saturated carbocycles. The van der Waals surface area contributed by atoms with E-state index in [-0.39, 0.29) is 30.4 Å². The highest BCUT2D eigenvalue weighted by Crippen LogP contribution is 2.34. The predicted octanol–water partition coefficient (Wildman–Crippen LogP) is 5.41. The van der Waals surface area contributed by atoms with Crippen molar-refractivity contribution in [3.05, 3.63) is 47.9 Å². The molecule has 38 heavy (non-hydrogen) atoms. The minimum Gasteiger partial charge on any atom is -0.408 e. The zero-order valence-corrected chi connectivity index (χ0v) is 22.9. The number of halogens is 2. The number of rotatable bonds is 12. The molecule has 2 aromatic rings. The van der Waals surface area contributed by atoms with Crippen LogP contribution in [0.4, 0.5) is 20.5 Å². The molecule has 0 radical (unpaired) electrons. The number of aldehydes is 1. The second-order valence-corrected chi connectivity index (χ2v) is 9.27. The Hall–Kier alpha value is -3.30. The van der Waals surface area contributed by atoms with Crippen LogP contribution in [0.1, 0.15) is 76.7 Å². The van der Waals surface area contributed by atoms with Gasteiger partial charge in [0.2, 0.25) is 11.8 Å². The van der Waals surface area contributed by atoms with E-state index in [2.05, 4.69) is 27.4 Å². The Bertz CT molecular complexity index is 1010. The molecule has 1 aromatic carbocycles. The Morgan fingerprint density at radius 1 is 1.24 bits per heavy atom. The van der Waals surface area contributed by atoms with Crippen molar-refractivity contribution in [3.8, 4) is 0 Å². The van der Waals surface area contributed by atoms with E-state index in [4.69, 9.17) is 4.42 Å². The van der Waals surface area contributed by atoms with E-state index < -0.39 is 17.6 Å². The van der Waals surface area contributed by atoms with Crippen LogP contribution in [0.3, 0.4) is 0 Å². The molecule has 0 spiro atoms. The third-order valence-electron chi connectivity index (χ3n) is 6.30. The van der Waals surface area contributed by atoms with Crippen molar-refractivity contribution in [2.24, 2.45) is 5.92 Å². The molecule has 1 atom stereocenters. The van der Waals surface area contributed by atoms with Crippen molar-refractivity contribution >= 4 is 23.9 Å². The normalized spacial score (nSPS) is 15.2. The van der Waals surface area contributed by atoms with Crippen molar-refractivity contribution in [3.63, 3.8) is 0 Å². The monoisotopic (exact) mass is 533 g/mol. The largest absolute Gasteiger partial charge is 0.408 e. The molecule has 4 rings (SSSR count). The number of benzene rings is 1. The first-order valence-electron chi connectivity index (χ1n) is 13.4. The van der Waals surface area contributed by atoms with E-state index in [1.807, 2.05) is 25.7 Å². The lowest BCUT2D eigenvalue weighted by Crippen LogP contribution is -2.55. The predicted molar refractivity (Wildman–Crippen MR) is 145 cm³/mol. The Kier molecular flexibility index (Phi) is 12.9. The van der Waals surface area contributed by atoms with E-state index >= 15 is 0 Å². The van der Waals surface area contributed by atoms with Gasteiger partial charge in [0.05, 0.1) is 6.04 Å². The van der Waals surface area contributed by atoms with E-state index in [1.165, 1.54) is 38.4 Å². The van der Waals surface area contributed by atoms with Crippen molar-refractivity contribution in [1.82, 2.24) is 15.5 Å². The average Bonchev–Trinajstić information content (AvgIpc) is 3.60. The molecule has 0 bridgehead atoms. The van der Waals surface area contributed by atoms with Gasteiger partial charge in [0.15, 0.2) is 0 Å². The summed E-state index contributed by atoms with van der Waals surface area (Å²) in [4.78, 5) is 24.6. The van der Waals surface area contributed by atoms with Crippen LogP contribution in [-0.2, 0) is 16.0 Å². The van der Waals surface area contributed by atoms with Gasteiger partial charge in [0, 0.05) is 50.1 Å². The van der Waals surface area contributed by atoms with Crippen LogP contribution in [0.2, 0.25) is 0 Å². The molecule has 1 saturated heterocycles. The number of anilines is 2. The molecule has 8 nitrogen and oxygen atoms in total. The first kappa shape index (κ1) is 30.9. The summed E-state index contributed by atoms with van der Waals surface area (Å²) >= 11 is 0. The lowest BCUT2D eigenvalue weighted by atomic mass is 9.93. The highest BCUT2D eigenvalue weighted by molar-refractivity contribution is 5.76. The van der Waals surface area contributed by atoms with E-state index in [9.17, 15) is 18.4 Å². The van der Waals surface area contributed by atoms with Crippen LogP contribution in [0, 0.1) is 17.6 Å². The fourth-order valence-electron chi connectivity index (χ4n) is 4.12. The molecular formula is C28H41F2N5O3. The summed E-state index contributed by atoms with van der Waals surface area (Å²) in [5.41, 5.74) is 0.0990. The van der Waals surface area contributed by atoms with Crippen LogP contribution in [0.15, 0.2) is 29.2 Å². The number of carbonyl (C=O) groups is 2. The van der Waals surface area contributed by atoms with Crippen LogP contribution >= 0.6 is 0 Å². The molecule has 1 aromatic heterocycles. The maximum atomic E-state index is 14.7. The molecular weight excluding hydrogens is 492 g/mol. The number of aryl methyl sites for hydroxylation is 1. The van der Waals surface area contributed by atoms with Gasteiger partial charge in [-0.25, -0.2) is 8.78 Å². The number of aromatic nitrogens is 2. The number of hydrogen-bond donors (Lipinski definition) is 2. The molecule has 1 aliphatic heterocycles. The van der Waals surface area contributed by atoms with Crippen LogP contribution in [0.5, 0.6) is 0 Å². The third kappa shape index (κ3) is 9.22. The molecule has 2 heterocycles. The smallest absolute Gasteiger partial charge is 0.315 e. The number of allylic oxidation sites excluding steroid dienone is 1. The fourth-order valence-corrected chi connectivity index (χ4v) is 4.12. The molecule has 2 aliphatic rings. The third-order valence-corrected chi connectivity index (χ3v) is 6.30. The molecule has 1 aliphatic carbocycles. The lowest BCUT2D eigenvalue weighted by molar-refractivity contribution is -0.120. The van der Waals surface area contributed by atoms with Gasteiger partial charge < -0.3 is 24.7 Å². The van der Waals surface area contributed by atoms with Gasteiger partial charge in [-0.3, -0.25) is 4.79 Å². The highest BCUT2D eigenvalue weighted by atomic mass is 19.1. The molecule has 10 heteroatoms. The minimum absolute atomic E-state index is 0.0118. The summed E-state index contributed by atoms with van der Waals surface area (Å²) < 4.78 is 35.0. The summed E-state index contributed by atoms with van der Waals surface area (Å²) in [6, 6.07) is 2.84. The first-order valence-corrected chi connectivity index (χ1v) is 13.4. The SMILES string of the molecule is C=CC.CC.CNC(=O)CCC(C=O)c1c(F)cc(N2CC(Nc3nnc(CCCC4CC4)o3)C2)cc1F. The summed E-state index contributed by atoms with van der Waals surface area (Å²) in [5.74, 6) is -1.38. The Morgan fingerprint density at radius 3 is 2.42 bits per heavy atom. The van der Waals surface area contributed by atoms with Gasteiger partial charge in [-0.2, -0.15) is 0 Å². The second kappa shape index (κ2) is 15.8. The summed E-state index contributed by atoms with van der Waals surface area (Å²) in [7, 11) is 1.47. The lowest BCUT2D eigenvalue weighted by Gasteiger charge is -2.41. The molecule has 2 N–H and O–H groups in total. The maximum Gasteiger partial charge on any atom is 0.315 e. The van der Waals surface area contributed by atoms with E-state index in [0.29, 0.717) is 37.0 Å². The fraction of sp³-hybridized carbons (Fsp3) is 0.571. The van der Waals surface area contributed by atoms with E-state index in [0.717, 1.165) is 18.8 Å². The van der Waals surface area contributed by atoms with Gasteiger partial charge in [-0.1, -0.05) is 37.9 Å². The number of amides is 1. The average molecular weight is 534 g/mol. The van der Waals surface area contributed by atoms with Gasteiger partial charge in [0.25, 0.3) is 0 Å². The Balaban J connectivity index is 0.000000947. The van der Waals surface area contributed by atoms with Crippen LogP contribution < -0.4 is 15.5 Å². The van der Waals surface area contributed by atoms with Crippen molar-refractivity contribution in [2.75, 3.05) is 30.4 Å². The van der Waals surface area contributed by atoms with Gasteiger partial charge in [-0.05, 0) is 44.2 Å². The Labute approximate surface area is 224 Å². The van der Waals surface area contributed by atoms with Crippen LogP contribution in [0.25, 0.3) is 0 Å². The summed E-state index contributed by atoms with van der Waals surface area (Å²) in [5, 5.41) is 13.7. The van der Waals surface area contributed by atoms with Gasteiger partial charge in [0.1, 0.15) is 17.9 Å². The number of nitrogens with one attached hydrogen (secondary N) is 2. The highest BCUT2D eigenvalue weighted by Gasteiger charge is 2.30. The molecule has 1 unspecified atom stereocenters. The molecule has 210 valence electrons. The summed E-state index contributed by atoms with van der Waals surface area (Å²) in [6.07, 6.45) is 7.98.